The lowest BCUT2D eigenvalue weighted by molar-refractivity contribution is -0.147. The second-order valence-electron chi connectivity index (χ2n) is 5.18. The number of methoxy groups -OCH3 is 1. The van der Waals surface area contributed by atoms with Gasteiger partial charge in [0.1, 0.15) is 18.4 Å². The summed E-state index contributed by atoms with van der Waals surface area (Å²) in [6, 6.07) is 3.94. The van der Waals surface area contributed by atoms with Crippen molar-refractivity contribution in [3.05, 3.63) is 22.9 Å². The van der Waals surface area contributed by atoms with Gasteiger partial charge < -0.3 is 14.5 Å². The lowest BCUT2D eigenvalue weighted by Crippen LogP contribution is -2.52. The Kier molecular flexibility index (Phi) is 4.61. The number of nitrogens with zero attached hydrogens (tertiary/aromatic N) is 4. The van der Waals surface area contributed by atoms with Crippen LogP contribution in [0.2, 0.25) is 0 Å². The highest BCUT2D eigenvalue weighted by molar-refractivity contribution is 5.86. The van der Waals surface area contributed by atoms with Crippen molar-refractivity contribution in [3.8, 4) is 6.07 Å². The molecule has 1 saturated heterocycles. The normalized spacial score (nSPS) is 14.7. The number of nitriles is 1. The highest BCUT2D eigenvalue weighted by atomic mass is 16.5. The molecule has 1 aromatic heterocycles. The number of carbonyl (C=O) groups excluding carboxylic acids is 2. The van der Waals surface area contributed by atoms with Crippen molar-refractivity contribution in [2.45, 2.75) is 13.8 Å². The Morgan fingerprint density at radius 1 is 1.45 bits per heavy atom. The van der Waals surface area contributed by atoms with E-state index in [9.17, 15) is 9.59 Å². The molecule has 1 aromatic rings. The van der Waals surface area contributed by atoms with E-state index in [4.69, 9.17) is 5.26 Å². The van der Waals surface area contributed by atoms with E-state index in [-0.39, 0.29) is 19.0 Å². The van der Waals surface area contributed by atoms with Gasteiger partial charge in [-0.3, -0.25) is 9.59 Å². The fraction of sp³-hybridized carbons (Fsp3) is 0.467. The molecule has 0 saturated carbocycles. The number of hydrogen-bond donors (Lipinski definition) is 0. The summed E-state index contributed by atoms with van der Waals surface area (Å²) >= 11 is 0. The molecule has 1 amide bonds. The molecule has 7 heteroatoms. The molecule has 1 aliphatic rings. The van der Waals surface area contributed by atoms with Gasteiger partial charge in [-0.25, -0.2) is 4.98 Å². The Bertz CT molecular complexity index is 628. The Morgan fingerprint density at radius 2 is 2.18 bits per heavy atom. The first-order chi connectivity index (χ1) is 10.5. The lowest BCUT2D eigenvalue weighted by Gasteiger charge is -2.34. The van der Waals surface area contributed by atoms with Gasteiger partial charge in [-0.15, -0.1) is 0 Å². The summed E-state index contributed by atoms with van der Waals surface area (Å²) in [4.78, 5) is 31.1. The van der Waals surface area contributed by atoms with Gasteiger partial charge in [0.15, 0.2) is 0 Å². The molecular weight excluding hydrogens is 284 g/mol. The van der Waals surface area contributed by atoms with E-state index in [1.165, 1.54) is 12.0 Å². The van der Waals surface area contributed by atoms with Crippen LogP contribution >= 0.6 is 0 Å². The molecule has 0 aromatic carbocycles. The zero-order chi connectivity index (χ0) is 16.3. The first-order valence-electron chi connectivity index (χ1n) is 6.94. The Balaban J connectivity index is 2.12. The summed E-state index contributed by atoms with van der Waals surface area (Å²) in [5.74, 6) is 0.114. The molecule has 22 heavy (non-hydrogen) atoms. The van der Waals surface area contributed by atoms with E-state index in [1.54, 1.807) is 6.92 Å². The molecule has 0 radical (unpaired) electrons. The third-order valence-electron chi connectivity index (χ3n) is 3.69. The molecule has 0 unspecified atom stereocenters. The minimum atomic E-state index is -0.426. The standard InChI is InChI=1S/C15H18N4O3/c1-10-6-13(17-11(2)12(10)7-16)18-4-5-19(14(20)8-18)9-15(21)22-3/h6H,4-5,8-9H2,1-3H3. The first kappa shape index (κ1) is 15.8. The number of aryl methyl sites for hydroxylation is 2. The van der Waals surface area contributed by atoms with Gasteiger partial charge in [-0.2, -0.15) is 5.26 Å². The number of carbonyl (C=O) groups is 2. The molecule has 0 N–H and O–H groups in total. The zero-order valence-electron chi connectivity index (χ0n) is 12.9. The van der Waals surface area contributed by atoms with E-state index in [0.29, 0.717) is 30.2 Å². The van der Waals surface area contributed by atoms with Crippen LogP contribution in [0.1, 0.15) is 16.8 Å². The van der Waals surface area contributed by atoms with Gasteiger partial charge in [0, 0.05) is 13.1 Å². The fourth-order valence-electron chi connectivity index (χ4n) is 2.43. The van der Waals surface area contributed by atoms with Gasteiger partial charge in [0.2, 0.25) is 5.91 Å². The molecule has 0 atom stereocenters. The topological polar surface area (TPSA) is 86.5 Å². The van der Waals surface area contributed by atoms with Gasteiger partial charge in [-0.05, 0) is 25.5 Å². The molecule has 1 fully saturated rings. The van der Waals surface area contributed by atoms with Crippen LogP contribution < -0.4 is 4.90 Å². The predicted molar refractivity (Wildman–Crippen MR) is 79.2 cm³/mol. The summed E-state index contributed by atoms with van der Waals surface area (Å²) in [6.45, 7) is 4.79. The number of esters is 1. The van der Waals surface area contributed by atoms with Crippen LogP contribution in [0.3, 0.4) is 0 Å². The van der Waals surface area contributed by atoms with Crippen molar-refractivity contribution in [1.82, 2.24) is 9.88 Å². The predicted octanol–water partition coefficient (Wildman–Crippen LogP) is 0.392. The maximum atomic E-state index is 12.1. The average molecular weight is 302 g/mol. The number of aromatic nitrogens is 1. The molecule has 7 nitrogen and oxygen atoms in total. The second-order valence-corrected chi connectivity index (χ2v) is 5.18. The fourth-order valence-corrected chi connectivity index (χ4v) is 2.43. The van der Waals surface area contributed by atoms with Crippen LogP contribution in [-0.2, 0) is 14.3 Å². The second kappa shape index (κ2) is 6.43. The highest BCUT2D eigenvalue weighted by Crippen LogP contribution is 2.20. The SMILES string of the molecule is COC(=O)CN1CCN(c2cc(C)c(C#N)c(C)n2)CC1=O. The largest absolute Gasteiger partial charge is 0.468 e. The molecule has 0 aliphatic carbocycles. The molecule has 1 aliphatic heterocycles. The Morgan fingerprint density at radius 3 is 2.73 bits per heavy atom. The summed E-state index contributed by atoms with van der Waals surface area (Å²) in [5.41, 5.74) is 2.07. The van der Waals surface area contributed by atoms with Crippen LogP contribution in [-0.4, -0.2) is 55.0 Å². The summed E-state index contributed by atoms with van der Waals surface area (Å²) in [7, 11) is 1.30. The van der Waals surface area contributed by atoms with Crippen molar-refractivity contribution < 1.29 is 14.3 Å². The molecular formula is C15H18N4O3. The van der Waals surface area contributed by atoms with Gasteiger partial charge in [0.25, 0.3) is 0 Å². The van der Waals surface area contributed by atoms with E-state index >= 15 is 0 Å². The monoisotopic (exact) mass is 302 g/mol. The number of rotatable bonds is 3. The Hall–Kier alpha value is -2.62. The van der Waals surface area contributed by atoms with Gasteiger partial charge in [0.05, 0.1) is 24.9 Å². The number of hydrogen-bond acceptors (Lipinski definition) is 6. The van der Waals surface area contributed by atoms with Crippen LogP contribution in [0.15, 0.2) is 6.07 Å². The molecule has 2 heterocycles. The molecule has 0 bridgehead atoms. The minimum absolute atomic E-state index is 0.0258. The minimum Gasteiger partial charge on any atom is -0.468 e. The van der Waals surface area contributed by atoms with Crippen molar-refractivity contribution in [2.75, 3.05) is 38.2 Å². The summed E-state index contributed by atoms with van der Waals surface area (Å²) < 4.78 is 4.58. The van der Waals surface area contributed by atoms with Crippen LogP contribution in [0, 0.1) is 25.2 Å². The third-order valence-corrected chi connectivity index (χ3v) is 3.69. The van der Waals surface area contributed by atoms with Gasteiger partial charge in [-0.1, -0.05) is 0 Å². The van der Waals surface area contributed by atoms with Crippen molar-refractivity contribution >= 4 is 17.7 Å². The smallest absolute Gasteiger partial charge is 0.325 e. The van der Waals surface area contributed by atoms with E-state index in [0.717, 1.165) is 5.56 Å². The van der Waals surface area contributed by atoms with Crippen LogP contribution in [0.25, 0.3) is 0 Å². The first-order valence-corrected chi connectivity index (χ1v) is 6.94. The van der Waals surface area contributed by atoms with Gasteiger partial charge >= 0.3 is 5.97 Å². The lowest BCUT2D eigenvalue weighted by atomic mass is 10.1. The zero-order valence-corrected chi connectivity index (χ0v) is 12.9. The molecule has 0 spiro atoms. The maximum Gasteiger partial charge on any atom is 0.325 e. The average Bonchev–Trinajstić information content (AvgIpc) is 2.48. The summed E-state index contributed by atoms with van der Waals surface area (Å²) in [6.07, 6.45) is 0. The number of amides is 1. The van der Waals surface area contributed by atoms with Crippen molar-refractivity contribution in [1.29, 1.82) is 5.26 Å². The number of pyridine rings is 1. The number of ether oxygens (including phenoxy) is 1. The molecule has 2 rings (SSSR count). The number of piperazine rings is 1. The van der Waals surface area contributed by atoms with Crippen LogP contribution in [0.4, 0.5) is 5.82 Å². The highest BCUT2D eigenvalue weighted by Gasteiger charge is 2.27. The van der Waals surface area contributed by atoms with Crippen molar-refractivity contribution in [2.24, 2.45) is 0 Å². The molecule has 116 valence electrons. The third kappa shape index (κ3) is 3.17. The summed E-state index contributed by atoms with van der Waals surface area (Å²) in [5, 5.41) is 9.08. The van der Waals surface area contributed by atoms with E-state index < -0.39 is 5.97 Å². The number of anilines is 1. The quantitative estimate of drug-likeness (QED) is 0.751. The Labute approximate surface area is 129 Å². The van der Waals surface area contributed by atoms with Crippen molar-refractivity contribution in [3.63, 3.8) is 0 Å². The van der Waals surface area contributed by atoms with Crippen LogP contribution in [0.5, 0.6) is 0 Å². The maximum absolute atomic E-state index is 12.1. The van der Waals surface area contributed by atoms with E-state index in [2.05, 4.69) is 15.8 Å². The van der Waals surface area contributed by atoms with E-state index in [1.807, 2.05) is 17.9 Å².